The molecule has 0 unspecified atom stereocenters. The van der Waals surface area contributed by atoms with Gasteiger partial charge in [-0.2, -0.15) is 0 Å². The Morgan fingerprint density at radius 2 is 1.87 bits per heavy atom. The van der Waals surface area contributed by atoms with Crippen molar-refractivity contribution in [3.05, 3.63) is 89.5 Å². The number of rotatable bonds is 6. The SMILES string of the molecule is Cc1[nH]c2ccc(F)cc2c1CCN(Cc1ccco1)C(=S)Nc1ccc(F)cc1. The van der Waals surface area contributed by atoms with E-state index in [-0.39, 0.29) is 11.6 Å². The molecule has 0 bridgehead atoms. The van der Waals surface area contributed by atoms with Crippen molar-refractivity contribution in [2.24, 2.45) is 0 Å². The van der Waals surface area contributed by atoms with Gasteiger partial charge in [0.2, 0.25) is 0 Å². The van der Waals surface area contributed by atoms with Crippen molar-refractivity contribution < 1.29 is 13.2 Å². The minimum atomic E-state index is -0.305. The van der Waals surface area contributed by atoms with E-state index >= 15 is 0 Å². The first-order valence-corrected chi connectivity index (χ1v) is 10.0. The molecule has 0 amide bonds. The molecule has 0 atom stereocenters. The molecule has 0 radical (unpaired) electrons. The van der Waals surface area contributed by atoms with Crippen LogP contribution in [0.3, 0.4) is 0 Å². The van der Waals surface area contributed by atoms with Gasteiger partial charge in [0.25, 0.3) is 0 Å². The Morgan fingerprint density at radius 3 is 2.60 bits per heavy atom. The van der Waals surface area contributed by atoms with Crippen LogP contribution < -0.4 is 5.32 Å². The van der Waals surface area contributed by atoms with E-state index in [0.717, 1.165) is 27.9 Å². The molecule has 0 aliphatic heterocycles. The predicted octanol–water partition coefficient (Wildman–Crippen LogP) is 5.79. The van der Waals surface area contributed by atoms with E-state index in [1.165, 1.54) is 18.2 Å². The Morgan fingerprint density at radius 1 is 1.10 bits per heavy atom. The van der Waals surface area contributed by atoms with Crippen molar-refractivity contribution in [3.8, 4) is 0 Å². The van der Waals surface area contributed by atoms with Crippen molar-refractivity contribution in [2.45, 2.75) is 19.9 Å². The van der Waals surface area contributed by atoms with E-state index in [0.29, 0.717) is 30.3 Å². The number of H-pyrrole nitrogens is 1. The number of hydrogen-bond acceptors (Lipinski definition) is 2. The number of benzene rings is 2. The first kappa shape index (κ1) is 20.1. The lowest BCUT2D eigenvalue weighted by molar-refractivity contribution is 0.368. The number of furan rings is 1. The molecule has 4 nitrogen and oxygen atoms in total. The second-order valence-corrected chi connectivity index (χ2v) is 7.49. The van der Waals surface area contributed by atoms with Gasteiger partial charge < -0.3 is 19.6 Å². The van der Waals surface area contributed by atoms with Gasteiger partial charge in [0.15, 0.2) is 5.11 Å². The van der Waals surface area contributed by atoms with Crippen LogP contribution in [0.15, 0.2) is 65.3 Å². The van der Waals surface area contributed by atoms with Crippen molar-refractivity contribution >= 4 is 33.9 Å². The summed E-state index contributed by atoms with van der Waals surface area (Å²) in [6.07, 6.45) is 2.29. The smallest absolute Gasteiger partial charge is 0.173 e. The number of aryl methyl sites for hydroxylation is 1. The maximum Gasteiger partial charge on any atom is 0.173 e. The number of nitrogens with one attached hydrogen (secondary N) is 2. The number of aromatic nitrogens is 1. The third kappa shape index (κ3) is 4.52. The predicted molar refractivity (Wildman–Crippen MR) is 118 cm³/mol. The number of fused-ring (bicyclic) bond motifs is 1. The van der Waals surface area contributed by atoms with E-state index in [2.05, 4.69) is 10.3 Å². The van der Waals surface area contributed by atoms with Gasteiger partial charge in [-0.3, -0.25) is 0 Å². The van der Waals surface area contributed by atoms with E-state index in [1.807, 2.05) is 24.0 Å². The van der Waals surface area contributed by atoms with Gasteiger partial charge in [0.05, 0.1) is 12.8 Å². The Labute approximate surface area is 178 Å². The Balaban J connectivity index is 1.54. The lowest BCUT2D eigenvalue weighted by Crippen LogP contribution is -2.35. The molecule has 0 spiro atoms. The fraction of sp³-hybridized carbons (Fsp3) is 0.174. The number of hydrogen-bond donors (Lipinski definition) is 2. The summed E-state index contributed by atoms with van der Waals surface area (Å²) in [6, 6.07) is 14.5. The number of halogens is 2. The molecule has 7 heteroatoms. The molecule has 4 aromatic rings. The molecule has 0 fully saturated rings. The second-order valence-electron chi connectivity index (χ2n) is 7.11. The summed E-state index contributed by atoms with van der Waals surface area (Å²) in [5, 5.41) is 4.53. The van der Waals surface area contributed by atoms with Crippen LogP contribution in [-0.4, -0.2) is 21.5 Å². The van der Waals surface area contributed by atoms with Crippen molar-refractivity contribution in [3.63, 3.8) is 0 Å². The van der Waals surface area contributed by atoms with Crippen LogP contribution in [0.5, 0.6) is 0 Å². The van der Waals surface area contributed by atoms with Gasteiger partial charge in [0.1, 0.15) is 17.4 Å². The second kappa shape index (κ2) is 8.67. The molecule has 154 valence electrons. The summed E-state index contributed by atoms with van der Waals surface area (Å²) in [6.45, 7) is 3.06. The van der Waals surface area contributed by atoms with Gasteiger partial charge >= 0.3 is 0 Å². The average Bonchev–Trinajstić information content (AvgIpc) is 3.34. The average molecular weight is 426 g/mol. The van der Waals surface area contributed by atoms with Crippen LogP contribution in [0, 0.1) is 18.6 Å². The normalized spacial score (nSPS) is 11.0. The molecule has 30 heavy (non-hydrogen) atoms. The van der Waals surface area contributed by atoms with Gasteiger partial charge in [-0.15, -0.1) is 0 Å². The third-order valence-electron chi connectivity index (χ3n) is 5.02. The molecule has 2 heterocycles. The highest BCUT2D eigenvalue weighted by Gasteiger charge is 2.16. The molecular formula is C23H21F2N3OS. The maximum absolute atomic E-state index is 13.8. The van der Waals surface area contributed by atoms with Crippen molar-refractivity contribution in [1.29, 1.82) is 0 Å². The number of aromatic amines is 1. The lowest BCUT2D eigenvalue weighted by Gasteiger charge is -2.25. The maximum atomic E-state index is 13.8. The number of thiocarbonyl (C=S) groups is 1. The van der Waals surface area contributed by atoms with Gasteiger partial charge in [-0.25, -0.2) is 8.78 Å². The quantitative estimate of drug-likeness (QED) is 0.384. The van der Waals surface area contributed by atoms with Crippen LogP contribution >= 0.6 is 12.2 Å². The zero-order valence-electron chi connectivity index (χ0n) is 16.4. The van der Waals surface area contributed by atoms with Crippen LogP contribution in [-0.2, 0) is 13.0 Å². The van der Waals surface area contributed by atoms with E-state index in [4.69, 9.17) is 16.6 Å². The summed E-state index contributed by atoms with van der Waals surface area (Å²) in [5.74, 6) is 0.213. The first-order chi connectivity index (χ1) is 14.5. The highest BCUT2D eigenvalue weighted by Crippen LogP contribution is 2.24. The fourth-order valence-corrected chi connectivity index (χ4v) is 3.78. The summed E-state index contributed by atoms with van der Waals surface area (Å²) in [4.78, 5) is 5.29. The van der Waals surface area contributed by atoms with E-state index in [1.54, 1.807) is 30.5 Å². The number of anilines is 1. The van der Waals surface area contributed by atoms with Crippen LogP contribution in [0.25, 0.3) is 10.9 Å². The Hall–Kier alpha value is -3.19. The highest BCUT2D eigenvalue weighted by molar-refractivity contribution is 7.80. The Bertz CT molecular complexity index is 1150. The van der Waals surface area contributed by atoms with Crippen LogP contribution in [0.4, 0.5) is 14.5 Å². The molecule has 2 aromatic carbocycles. The minimum absolute atomic E-state index is 0.260. The zero-order valence-corrected chi connectivity index (χ0v) is 17.2. The van der Waals surface area contributed by atoms with Crippen LogP contribution in [0.2, 0.25) is 0 Å². The molecular weight excluding hydrogens is 404 g/mol. The zero-order chi connectivity index (χ0) is 21.1. The monoisotopic (exact) mass is 425 g/mol. The van der Waals surface area contributed by atoms with Gasteiger partial charge in [0, 0.05) is 28.8 Å². The summed E-state index contributed by atoms with van der Waals surface area (Å²) >= 11 is 5.62. The highest BCUT2D eigenvalue weighted by atomic mass is 32.1. The minimum Gasteiger partial charge on any atom is -0.467 e. The lowest BCUT2D eigenvalue weighted by atomic mass is 10.1. The van der Waals surface area contributed by atoms with Gasteiger partial charge in [-0.1, -0.05) is 0 Å². The van der Waals surface area contributed by atoms with Crippen molar-refractivity contribution in [2.75, 3.05) is 11.9 Å². The van der Waals surface area contributed by atoms with E-state index < -0.39 is 0 Å². The largest absolute Gasteiger partial charge is 0.467 e. The molecule has 4 rings (SSSR count). The standard InChI is InChI=1S/C23H21F2N3OS/c1-15-20(21-13-17(25)6-9-22(21)26-15)10-11-28(14-19-3-2-12-29-19)23(30)27-18-7-4-16(24)5-8-18/h2-9,12-13,26H,10-11,14H2,1H3,(H,27,30). The van der Waals surface area contributed by atoms with Crippen molar-refractivity contribution in [1.82, 2.24) is 9.88 Å². The van der Waals surface area contributed by atoms with Gasteiger partial charge in [-0.05, 0) is 85.7 Å². The molecule has 0 saturated heterocycles. The Kier molecular flexibility index (Phi) is 5.81. The fourth-order valence-electron chi connectivity index (χ4n) is 3.50. The third-order valence-corrected chi connectivity index (χ3v) is 5.38. The first-order valence-electron chi connectivity index (χ1n) is 9.60. The molecule has 0 aliphatic rings. The molecule has 2 aromatic heterocycles. The summed E-state index contributed by atoms with van der Waals surface area (Å²) in [5.41, 5.74) is 3.68. The topological polar surface area (TPSA) is 44.2 Å². The molecule has 0 aliphatic carbocycles. The molecule has 2 N–H and O–H groups in total. The summed E-state index contributed by atoms with van der Waals surface area (Å²) in [7, 11) is 0. The number of nitrogens with zero attached hydrogens (tertiary/aromatic N) is 1. The van der Waals surface area contributed by atoms with E-state index in [9.17, 15) is 8.78 Å². The summed E-state index contributed by atoms with van der Waals surface area (Å²) < 4.78 is 32.5. The van der Waals surface area contributed by atoms with Crippen LogP contribution in [0.1, 0.15) is 17.0 Å². The molecule has 0 saturated carbocycles.